The van der Waals surface area contributed by atoms with Crippen molar-refractivity contribution in [3.05, 3.63) is 206 Å². The largest absolute Gasteiger partial charge is 0.497 e. The Morgan fingerprint density at radius 2 is 0.920 bits per heavy atom. The van der Waals surface area contributed by atoms with Gasteiger partial charge in [0, 0.05) is 127 Å². The monoisotopic (exact) mass is 1420 g/mol. The third-order valence-corrected chi connectivity index (χ3v) is 21.5. The molecule has 1 fully saturated rings. The summed E-state index contributed by atoms with van der Waals surface area (Å²) in [6.45, 7) is 9.63. The molecule has 100 heavy (non-hydrogen) atoms. The summed E-state index contributed by atoms with van der Waals surface area (Å²) >= 11 is 5.98. The number of halogens is 5. The normalized spacial score (nSPS) is 14.4. The Bertz CT molecular complexity index is 5750. The number of furan rings is 2. The van der Waals surface area contributed by atoms with Gasteiger partial charge in [0.15, 0.2) is 0 Å². The van der Waals surface area contributed by atoms with Crippen molar-refractivity contribution in [2.75, 3.05) is 49.3 Å². The molecule has 0 atom stereocenters. The highest BCUT2D eigenvalue weighted by molar-refractivity contribution is 7.92. The van der Waals surface area contributed by atoms with E-state index in [-0.39, 0.29) is 62.3 Å². The standard InChI is InChI=1S/C33H26F2N4O5S.C24H28BFN2O6S.C15H10ClFN2O/c1-36-33(41)31-23-15-21(26(37(2)45(3,42)43)17-29(23)44-32(31)18-7-9-20(34)10-8-18)19-13-27-28-16-22-24(35)5-4-6-25(22)38(28)11-12-39(27)30(40)14-19;1-23(2)24(3,4)34-25(33-23)17-12-16-19(13-18(17)28(6)35(7,30)31)32-21(20(16)22(29)27-5)14-8-10-15(26)11-9-14;16-9-6-13-14-8-10-11(17)2-1-3-12(10)18(14)4-5-19(13)15(20)7-9/h4-10,13-17H,11-12H2,1-3H3,(H,36,41);8-13H,1-7H3,(H,27,29);1-3,6-8H,4-5H2. The number of hydrogen-bond donors (Lipinski definition) is 2. The second kappa shape index (κ2) is 25.2. The van der Waals surface area contributed by atoms with Gasteiger partial charge >= 0.3 is 7.12 Å². The van der Waals surface area contributed by atoms with E-state index in [2.05, 4.69) is 10.6 Å². The van der Waals surface area contributed by atoms with Crippen molar-refractivity contribution in [1.82, 2.24) is 28.9 Å². The zero-order valence-electron chi connectivity index (χ0n) is 55.6. The van der Waals surface area contributed by atoms with Crippen LogP contribution in [0.2, 0.25) is 5.02 Å². The van der Waals surface area contributed by atoms with Crippen molar-refractivity contribution in [3.8, 4) is 56.6 Å². The minimum atomic E-state index is -3.79. The number of fused-ring (bicyclic) bond motifs is 12. The Balaban J connectivity index is 0.000000144. The second-order valence-electron chi connectivity index (χ2n) is 25.5. The first-order valence-electron chi connectivity index (χ1n) is 31.4. The topological polar surface area (TPSA) is 232 Å². The summed E-state index contributed by atoms with van der Waals surface area (Å²) in [6, 6.07) is 37.1. The Morgan fingerprint density at radius 3 is 1.38 bits per heavy atom. The van der Waals surface area contributed by atoms with E-state index >= 15 is 0 Å². The SMILES string of the molecule is CNC(=O)c1c(-c2ccc(F)cc2)oc2cc(N(C)S(C)(=O)=O)c(-c3cc4n(c(=O)c3)CCn3c-4cc4c(F)cccc43)cc12.CNC(=O)c1c(-c2ccc(F)cc2)oc2cc(N(C)S(C)(=O)=O)c(B3OC(C)(C)C(C)(C)O3)cc12.O=c1cc(Cl)cc2n1CCn1c-2cc2c(F)cccc21. The van der Waals surface area contributed by atoms with Crippen LogP contribution in [0.4, 0.5) is 28.9 Å². The van der Waals surface area contributed by atoms with Crippen LogP contribution in [0, 0.1) is 23.3 Å². The maximum atomic E-state index is 14.7. The molecule has 3 aliphatic rings. The number of nitrogens with zero attached hydrogens (tertiary/aromatic N) is 6. The summed E-state index contributed by atoms with van der Waals surface area (Å²) in [5.41, 5.74) is 6.04. The molecule has 0 spiro atoms. The maximum absolute atomic E-state index is 14.7. The lowest BCUT2D eigenvalue weighted by Gasteiger charge is -2.32. The summed E-state index contributed by atoms with van der Waals surface area (Å²) in [6.07, 6.45) is 2.14. The lowest BCUT2D eigenvalue weighted by atomic mass is 9.77. The molecule has 28 heteroatoms. The van der Waals surface area contributed by atoms with Gasteiger partial charge in [0.2, 0.25) is 20.0 Å². The molecule has 2 N–H and O–H groups in total. The van der Waals surface area contributed by atoms with E-state index < -0.39 is 61.8 Å². The number of aryl methyl sites for hydroxylation is 2. The fraction of sp³-hybridized carbons (Fsp3) is 0.222. The zero-order valence-corrected chi connectivity index (χ0v) is 57.9. The summed E-state index contributed by atoms with van der Waals surface area (Å²) in [5, 5.41) is 7.44. The molecule has 9 heterocycles. The quantitative estimate of drug-likeness (QED) is 0.0962. The van der Waals surface area contributed by atoms with Gasteiger partial charge in [-0.2, -0.15) is 0 Å². The van der Waals surface area contributed by atoms with Crippen LogP contribution in [0.5, 0.6) is 0 Å². The summed E-state index contributed by atoms with van der Waals surface area (Å²) in [7, 11) is -2.57. The smallest absolute Gasteiger partial charge is 0.455 e. The molecule has 12 aromatic rings. The van der Waals surface area contributed by atoms with Crippen LogP contribution in [-0.4, -0.2) is 106 Å². The highest BCUT2D eigenvalue weighted by Gasteiger charge is 2.53. The van der Waals surface area contributed by atoms with E-state index in [4.69, 9.17) is 29.7 Å². The maximum Gasteiger partial charge on any atom is 0.497 e. The number of amides is 2. The number of nitrogens with one attached hydrogen (secondary N) is 2. The molecular weight excluding hydrogens is 1360 g/mol. The molecular formula is C72H64BClF4N8O12S2. The van der Waals surface area contributed by atoms with Crippen molar-refractivity contribution in [2.45, 2.75) is 65.1 Å². The van der Waals surface area contributed by atoms with Crippen molar-refractivity contribution >= 4 is 111 Å². The van der Waals surface area contributed by atoms with E-state index in [1.165, 1.54) is 107 Å². The molecule has 0 unspecified atom stereocenters. The Hall–Kier alpha value is -10.2. The molecule has 1 saturated heterocycles. The van der Waals surface area contributed by atoms with Crippen LogP contribution in [0.25, 0.3) is 100 Å². The predicted molar refractivity (Wildman–Crippen MR) is 379 cm³/mol. The van der Waals surface area contributed by atoms with Crippen LogP contribution in [0.15, 0.2) is 164 Å². The number of carbonyl (C=O) groups is 2. The summed E-state index contributed by atoms with van der Waals surface area (Å²) in [5.74, 6) is -1.99. The van der Waals surface area contributed by atoms with Crippen molar-refractivity contribution in [1.29, 1.82) is 0 Å². The molecule has 0 saturated carbocycles. The number of anilines is 2. The van der Waals surface area contributed by atoms with Gasteiger partial charge in [-0.25, -0.2) is 34.4 Å². The molecule has 2 amide bonds. The Labute approximate surface area is 575 Å². The highest BCUT2D eigenvalue weighted by atomic mass is 35.5. The molecule has 6 aromatic heterocycles. The Kier molecular flexibility index (Phi) is 17.2. The van der Waals surface area contributed by atoms with Gasteiger partial charge in [0.25, 0.3) is 22.9 Å². The van der Waals surface area contributed by atoms with Gasteiger partial charge in [-0.1, -0.05) is 23.7 Å². The van der Waals surface area contributed by atoms with E-state index in [1.54, 1.807) is 63.7 Å². The third-order valence-electron chi connectivity index (χ3n) is 18.9. The number of hydrogen-bond acceptors (Lipinski definition) is 12. The predicted octanol–water partition coefficient (Wildman–Crippen LogP) is 12.2. The molecule has 0 bridgehead atoms. The van der Waals surface area contributed by atoms with E-state index in [1.807, 2.05) is 49.0 Å². The first kappa shape index (κ1) is 68.3. The first-order valence-corrected chi connectivity index (χ1v) is 35.5. The fourth-order valence-electron chi connectivity index (χ4n) is 12.9. The average Bonchev–Trinajstić information content (AvgIpc) is 1.54. The number of aromatic nitrogens is 4. The lowest BCUT2D eigenvalue weighted by Crippen LogP contribution is -2.41. The summed E-state index contributed by atoms with van der Waals surface area (Å²) in [4.78, 5) is 51.7. The van der Waals surface area contributed by atoms with Crippen LogP contribution < -0.4 is 35.8 Å². The molecule has 6 aromatic carbocycles. The van der Waals surface area contributed by atoms with Crippen LogP contribution in [0.1, 0.15) is 48.4 Å². The number of sulfonamides is 2. The molecule has 0 radical (unpaired) electrons. The molecule has 3 aliphatic heterocycles. The zero-order chi connectivity index (χ0) is 71.6. The van der Waals surface area contributed by atoms with E-state index in [9.17, 15) is 53.6 Å². The summed E-state index contributed by atoms with van der Waals surface area (Å²) < 4.78 is 141. The van der Waals surface area contributed by atoms with Gasteiger partial charge in [0.05, 0.1) is 80.0 Å². The van der Waals surface area contributed by atoms with Crippen LogP contribution in [-0.2, 0) is 55.5 Å². The number of rotatable bonds is 10. The number of carbonyl (C=O) groups excluding carboxylic acids is 2. The van der Waals surface area contributed by atoms with Crippen molar-refractivity contribution < 1.29 is 62.1 Å². The number of benzene rings is 6. The Morgan fingerprint density at radius 1 is 0.510 bits per heavy atom. The van der Waals surface area contributed by atoms with Gasteiger partial charge in [-0.05, 0) is 142 Å². The number of pyridine rings is 2. The molecule has 514 valence electrons. The average molecular weight is 1420 g/mol. The van der Waals surface area contributed by atoms with Crippen LogP contribution in [0.3, 0.4) is 0 Å². The van der Waals surface area contributed by atoms with Gasteiger partial charge in [0.1, 0.15) is 46.0 Å². The van der Waals surface area contributed by atoms with E-state index in [0.29, 0.717) is 103 Å². The van der Waals surface area contributed by atoms with Gasteiger partial charge in [-0.3, -0.25) is 27.8 Å². The van der Waals surface area contributed by atoms with Crippen molar-refractivity contribution in [2.24, 2.45) is 0 Å². The second-order valence-corrected chi connectivity index (χ2v) is 29.9. The third kappa shape index (κ3) is 12.0. The van der Waals surface area contributed by atoms with Gasteiger partial charge < -0.3 is 47.0 Å². The lowest BCUT2D eigenvalue weighted by molar-refractivity contribution is 0.00578. The molecule has 20 nitrogen and oxygen atoms in total. The van der Waals surface area contributed by atoms with Crippen LogP contribution >= 0.6 is 11.6 Å². The highest BCUT2D eigenvalue weighted by Crippen LogP contribution is 2.45. The first-order chi connectivity index (χ1) is 47.3. The fourth-order valence-corrected chi connectivity index (χ4v) is 14.1. The minimum absolute atomic E-state index is 0.121. The molecule has 0 aliphatic carbocycles. The van der Waals surface area contributed by atoms with Gasteiger partial charge in [-0.15, -0.1) is 0 Å². The molecule has 15 rings (SSSR count). The van der Waals surface area contributed by atoms with Crippen molar-refractivity contribution in [3.63, 3.8) is 0 Å². The van der Waals surface area contributed by atoms with E-state index in [0.717, 1.165) is 38.0 Å². The minimum Gasteiger partial charge on any atom is -0.455 e.